The summed E-state index contributed by atoms with van der Waals surface area (Å²) < 4.78 is 11.6. The summed E-state index contributed by atoms with van der Waals surface area (Å²) in [6.07, 6.45) is 0. The Labute approximate surface area is 132 Å². The first-order valence-corrected chi connectivity index (χ1v) is 6.82. The highest BCUT2D eigenvalue weighted by Gasteiger charge is 2.23. The van der Waals surface area contributed by atoms with Gasteiger partial charge in [-0.25, -0.2) is 0 Å². The van der Waals surface area contributed by atoms with Crippen LogP contribution in [0.3, 0.4) is 0 Å². The van der Waals surface area contributed by atoms with Gasteiger partial charge in [0.25, 0.3) is 0 Å². The van der Waals surface area contributed by atoms with E-state index in [0.717, 1.165) is 0 Å². The monoisotopic (exact) mass is 319 g/mol. The summed E-state index contributed by atoms with van der Waals surface area (Å²) in [5.41, 5.74) is 0.915. The van der Waals surface area contributed by atoms with Gasteiger partial charge in [-0.2, -0.15) is 5.10 Å². The first-order chi connectivity index (χ1) is 10.9. The maximum Gasteiger partial charge on any atom is 0.312 e. The lowest BCUT2D eigenvalue weighted by molar-refractivity contribution is -0.386. The van der Waals surface area contributed by atoms with Gasteiger partial charge in [0.2, 0.25) is 0 Å². The van der Waals surface area contributed by atoms with E-state index in [9.17, 15) is 14.9 Å². The third-order valence-corrected chi connectivity index (χ3v) is 3.53. The molecule has 0 saturated heterocycles. The third-order valence-electron chi connectivity index (χ3n) is 3.53. The number of aryl methyl sites for hydroxylation is 1. The van der Waals surface area contributed by atoms with E-state index in [1.165, 1.54) is 18.9 Å². The molecular weight excluding hydrogens is 302 g/mol. The molecule has 0 radical (unpaired) electrons. The van der Waals surface area contributed by atoms with E-state index >= 15 is 0 Å². The number of aromatic nitrogens is 2. The summed E-state index contributed by atoms with van der Waals surface area (Å²) in [7, 11) is 2.98. The van der Waals surface area contributed by atoms with Crippen molar-refractivity contribution >= 4 is 11.5 Å². The van der Waals surface area contributed by atoms with Gasteiger partial charge in [-0.15, -0.1) is 0 Å². The van der Waals surface area contributed by atoms with E-state index < -0.39 is 4.92 Å². The number of carbonyl (C=O) groups is 1. The smallest absolute Gasteiger partial charge is 0.312 e. The van der Waals surface area contributed by atoms with E-state index in [1.54, 1.807) is 32.0 Å². The Morgan fingerprint density at radius 3 is 2.52 bits per heavy atom. The van der Waals surface area contributed by atoms with Crippen LogP contribution in [0.25, 0.3) is 0 Å². The molecule has 0 aliphatic carbocycles. The van der Waals surface area contributed by atoms with Crippen molar-refractivity contribution < 1.29 is 19.2 Å². The Morgan fingerprint density at radius 1 is 1.30 bits per heavy atom. The Balaban J connectivity index is 2.33. The Bertz CT molecular complexity index is 767. The second kappa shape index (κ2) is 6.47. The van der Waals surface area contributed by atoms with Crippen molar-refractivity contribution in [1.29, 1.82) is 0 Å². The zero-order valence-corrected chi connectivity index (χ0v) is 13.3. The minimum absolute atomic E-state index is 0.0699. The van der Waals surface area contributed by atoms with Gasteiger partial charge in [0.15, 0.2) is 5.78 Å². The number of benzene rings is 1. The van der Waals surface area contributed by atoms with Crippen LogP contribution in [0.1, 0.15) is 21.7 Å². The summed E-state index contributed by atoms with van der Waals surface area (Å²) >= 11 is 0. The Morgan fingerprint density at radius 2 is 2.00 bits per heavy atom. The molecule has 0 amide bonds. The number of hydrogen-bond donors (Lipinski definition) is 0. The molecule has 0 spiro atoms. The summed E-state index contributed by atoms with van der Waals surface area (Å²) in [4.78, 5) is 23.0. The molecule has 1 aromatic heterocycles. The second-order valence-corrected chi connectivity index (χ2v) is 4.92. The highest BCUT2D eigenvalue weighted by molar-refractivity contribution is 5.98. The van der Waals surface area contributed by atoms with Gasteiger partial charge in [0.05, 0.1) is 24.7 Å². The molecule has 2 rings (SSSR count). The number of nitro groups is 1. The molecule has 0 N–H and O–H groups in total. The van der Waals surface area contributed by atoms with E-state index in [2.05, 4.69) is 5.10 Å². The fourth-order valence-electron chi connectivity index (χ4n) is 2.36. The minimum atomic E-state index is -0.493. The predicted molar refractivity (Wildman–Crippen MR) is 82.2 cm³/mol. The number of Topliss-reactive ketones (excluding diaryl/α,β-unsaturated/α-hetero) is 1. The summed E-state index contributed by atoms with van der Waals surface area (Å²) in [5, 5.41) is 15.1. The van der Waals surface area contributed by atoms with Gasteiger partial charge >= 0.3 is 5.69 Å². The number of ketones is 1. The number of methoxy groups -OCH3 is 2. The molecule has 23 heavy (non-hydrogen) atoms. The maximum atomic E-state index is 12.5. The van der Waals surface area contributed by atoms with Crippen LogP contribution in [0, 0.1) is 24.0 Å². The topological polar surface area (TPSA) is 96.5 Å². The molecule has 0 fully saturated rings. The third kappa shape index (κ3) is 3.15. The van der Waals surface area contributed by atoms with Crippen molar-refractivity contribution in [3.8, 4) is 11.5 Å². The zero-order valence-electron chi connectivity index (χ0n) is 13.3. The predicted octanol–water partition coefficient (Wildman–Crippen LogP) is 2.31. The largest absolute Gasteiger partial charge is 0.497 e. The van der Waals surface area contributed by atoms with E-state index in [4.69, 9.17) is 9.47 Å². The molecule has 1 aromatic carbocycles. The van der Waals surface area contributed by atoms with Crippen LogP contribution >= 0.6 is 0 Å². The number of nitrogens with zero attached hydrogens (tertiary/aromatic N) is 3. The molecule has 0 saturated carbocycles. The number of rotatable bonds is 6. The van der Waals surface area contributed by atoms with Crippen molar-refractivity contribution in [1.82, 2.24) is 9.78 Å². The van der Waals surface area contributed by atoms with Crippen molar-refractivity contribution in [2.75, 3.05) is 14.2 Å². The van der Waals surface area contributed by atoms with Crippen molar-refractivity contribution in [2.24, 2.45) is 0 Å². The maximum absolute atomic E-state index is 12.5. The lowest BCUT2D eigenvalue weighted by Gasteiger charge is -2.10. The number of hydrogen-bond acceptors (Lipinski definition) is 6. The van der Waals surface area contributed by atoms with Crippen molar-refractivity contribution in [3.05, 3.63) is 45.3 Å². The highest BCUT2D eigenvalue weighted by atomic mass is 16.6. The van der Waals surface area contributed by atoms with Crippen molar-refractivity contribution in [2.45, 2.75) is 20.4 Å². The summed E-state index contributed by atoms with van der Waals surface area (Å²) in [6, 6.07) is 4.86. The van der Waals surface area contributed by atoms with Crippen LogP contribution in [0.4, 0.5) is 5.69 Å². The Hall–Kier alpha value is -2.90. The van der Waals surface area contributed by atoms with Crippen molar-refractivity contribution in [3.63, 3.8) is 0 Å². The molecule has 122 valence electrons. The van der Waals surface area contributed by atoms with Gasteiger partial charge in [0.1, 0.15) is 29.4 Å². The van der Waals surface area contributed by atoms with E-state index in [1.807, 2.05) is 0 Å². The van der Waals surface area contributed by atoms with E-state index in [0.29, 0.717) is 22.8 Å². The molecule has 1 heterocycles. The standard InChI is InChI=1S/C15H17N3O5/c1-9-15(18(20)21)10(2)17(16-9)8-13(19)12-6-5-11(22-3)7-14(12)23-4/h5-7H,8H2,1-4H3. The lowest BCUT2D eigenvalue weighted by atomic mass is 10.1. The van der Waals surface area contributed by atoms with E-state index in [-0.39, 0.29) is 23.7 Å². The molecule has 0 aliphatic heterocycles. The highest BCUT2D eigenvalue weighted by Crippen LogP contribution is 2.26. The molecule has 0 aliphatic rings. The zero-order chi connectivity index (χ0) is 17.1. The first-order valence-electron chi connectivity index (χ1n) is 6.82. The quantitative estimate of drug-likeness (QED) is 0.460. The van der Waals surface area contributed by atoms with Crippen LogP contribution in [0.2, 0.25) is 0 Å². The molecule has 0 bridgehead atoms. The number of carbonyl (C=O) groups excluding carboxylic acids is 1. The molecule has 0 atom stereocenters. The van der Waals surface area contributed by atoms with Gasteiger partial charge < -0.3 is 9.47 Å². The average molecular weight is 319 g/mol. The Kier molecular flexibility index (Phi) is 4.63. The first kappa shape index (κ1) is 16.5. The van der Waals surface area contributed by atoms with Gasteiger partial charge in [-0.1, -0.05) is 0 Å². The van der Waals surface area contributed by atoms with Gasteiger partial charge in [-0.3, -0.25) is 19.6 Å². The fraction of sp³-hybridized carbons (Fsp3) is 0.333. The van der Waals surface area contributed by atoms with Gasteiger partial charge in [-0.05, 0) is 26.0 Å². The molecule has 8 nitrogen and oxygen atoms in total. The second-order valence-electron chi connectivity index (χ2n) is 4.92. The molecule has 8 heteroatoms. The van der Waals surface area contributed by atoms with Crippen LogP contribution in [0.15, 0.2) is 18.2 Å². The normalized spacial score (nSPS) is 10.4. The van der Waals surface area contributed by atoms with Crippen LogP contribution in [-0.2, 0) is 6.54 Å². The number of ether oxygens (including phenoxy) is 2. The SMILES string of the molecule is COc1ccc(C(=O)Cn2nc(C)c([N+](=O)[O-])c2C)c(OC)c1. The van der Waals surface area contributed by atoms with Gasteiger partial charge in [0, 0.05) is 6.07 Å². The average Bonchev–Trinajstić information content (AvgIpc) is 2.80. The lowest BCUT2D eigenvalue weighted by Crippen LogP contribution is -2.14. The van der Waals surface area contributed by atoms with Crippen LogP contribution in [0.5, 0.6) is 11.5 Å². The minimum Gasteiger partial charge on any atom is -0.497 e. The summed E-state index contributed by atoms with van der Waals surface area (Å²) in [5.74, 6) is 0.690. The molecule has 0 unspecified atom stereocenters. The molecular formula is C15H17N3O5. The fourth-order valence-corrected chi connectivity index (χ4v) is 2.36. The summed E-state index contributed by atoms with van der Waals surface area (Å²) in [6.45, 7) is 3.00. The van der Waals surface area contributed by atoms with Crippen LogP contribution < -0.4 is 9.47 Å². The van der Waals surface area contributed by atoms with Crippen LogP contribution in [-0.4, -0.2) is 34.7 Å². The molecule has 2 aromatic rings.